The maximum absolute atomic E-state index is 12.8. The molecule has 0 radical (unpaired) electrons. The quantitative estimate of drug-likeness (QED) is 0.431. The third kappa shape index (κ3) is 3.91. The molecular weight excluding hydrogens is 426 g/mol. The van der Waals surface area contributed by atoms with E-state index in [9.17, 15) is 4.79 Å². The number of amides is 1. The zero-order chi connectivity index (χ0) is 22.1. The third-order valence-corrected chi connectivity index (χ3v) is 5.76. The minimum atomic E-state index is -0.217. The lowest BCUT2D eigenvalue weighted by molar-refractivity contribution is 0.103. The summed E-state index contributed by atoms with van der Waals surface area (Å²) in [5.74, 6) is 0.935. The lowest BCUT2D eigenvalue weighted by atomic mass is 10.3. The van der Waals surface area contributed by atoms with Crippen LogP contribution in [0.2, 0.25) is 0 Å². The van der Waals surface area contributed by atoms with Crippen LogP contribution in [0.1, 0.15) is 21.1 Å². The second kappa shape index (κ2) is 8.16. The van der Waals surface area contributed by atoms with Gasteiger partial charge in [0.1, 0.15) is 22.0 Å². The van der Waals surface area contributed by atoms with E-state index in [2.05, 4.69) is 30.6 Å². The Bertz CT molecular complexity index is 1410. The van der Waals surface area contributed by atoms with Crippen LogP contribution in [0.15, 0.2) is 61.1 Å². The number of nitrogens with one attached hydrogen (secondary N) is 1. The van der Waals surface area contributed by atoms with E-state index in [0.717, 1.165) is 11.4 Å². The van der Waals surface area contributed by atoms with Crippen LogP contribution in [0.25, 0.3) is 16.3 Å². The topological polar surface area (TPSA) is 107 Å². The van der Waals surface area contributed by atoms with Gasteiger partial charge in [-0.15, -0.1) is 21.5 Å². The number of hydrogen-bond acceptors (Lipinski definition) is 8. The fourth-order valence-electron chi connectivity index (χ4n) is 3.12. The van der Waals surface area contributed by atoms with Gasteiger partial charge in [0.05, 0.1) is 17.1 Å². The number of benzene rings is 1. The fourth-order valence-corrected chi connectivity index (χ4v) is 4.06. The number of aryl methyl sites for hydroxylation is 2. The molecule has 1 aromatic carbocycles. The molecule has 0 fully saturated rings. The largest absolute Gasteiger partial charge is 0.453 e. The number of aromatic nitrogens is 6. The fraction of sp³-hybridized carbons (Fsp3) is 0.0909. The number of carbonyl (C=O) groups is 1. The van der Waals surface area contributed by atoms with E-state index in [1.54, 1.807) is 41.0 Å². The smallest absolute Gasteiger partial charge is 0.267 e. The Balaban J connectivity index is 1.31. The molecule has 32 heavy (non-hydrogen) atoms. The lowest BCUT2D eigenvalue weighted by Crippen LogP contribution is -2.11. The van der Waals surface area contributed by atoms with E-state index in [0.29, 0.717) is 38.4 Å². The molecule has 0 unspecified atom stereocenters. The Kier molecular flexibility index (Phi) is 5.04. The van der Waals surface area contributed by atoms with Crippen molar-refractivity contribution in [1.29, 1.82) is 0 Å². The van der Waals surface area contributed by atoms with Crippen molar-refractivity contribution in [1.82, 2.24) is 29.8 Å². The zero-order valence-corrected chi connectivity index (χ0v) is 18.0. The lowest BCUT2D eigenvalue weighted by Gasteiger charge is -2.09. The minimum absolute atomic E-state index is 0.217. The summed E-state index contributed by atoms with van der Waals surface area (Å²) in [5.41, 5.74) is 3.36. The van der Waals surface area contributed by atoms with Crippen molar-refractivity contribution in [2.75, 3.05) is 5.32 Å². The van der Waals surface area contributed by atoms with Gasteiger partial charge in [-0.05, 0) is 50.2 Å². The summed E-state index contributed by atoms with van der Waals surface area (Å²) >= 11 is 1.32. The molecule has 4 aromatic heterocycles. The van der Waals surface area contributed by atoms with E-state index in [4.69, 9.17) is 4.74 Å². The van der Waals surface area contributed by atoms with E-state index < -0.39 is 0 Å². The Hall–Kier alpha value is -4.18. The summed E-state index contributed by atoms with van der Waals surface area (Å²) in [6.07, 6.45) is 3.23. The zero-order valence-electron chi connectivity index (χ0n) is 17.2. The molecule has 0 spiro atoms. The van der Waals surface area contributed by atoms with Crippen LogP contribution in [0.4, 0.5) is 5.69 Å². The molecule has 0 bridgehead atoms. The van der Waals surface area contributed by atoms with E-state index in [1.807, 2.05) is 32.0 Å². The van der Waals surface area contributed by atoms with Gasteiger partial charge in [0.2, 0.25) is 5.65 Å². The summed E-state index contributed by atoms with van der Waals surface area (Å²) in [4.78, 5) is 22.1. The number of fused-ring (bicyclic) bond motifs is 1. The highest BCUT2D eigenvalue weighted by molar-refractivity contribution is 7.17. The molecule has 0 atom stereocenters. The molecule has 1 N–H and O–H groups in total. The molecule has 0 aliphatic heterocycles. The van der Waals surface area contributed by atoms with Gasteiger partial charge >= 0.3 is 0 Å². The van der Waals surface area contributed by atoms with Crippen LogP contribution >= 0.6 is 11.3 Å². The Morgan fingerprint density at radius 2 is 1.97 bits per heavy atom. The first-order valence-corrected chi connectivity index (χ1v) is 10.5. The van der Waals surface area contributed by atoms with Gasteiger partial charge in [-0.3, -0.25) is 9.78 Å². The highest BCUT2D eigenvalue weighted by atomic mass is 32.1. The first kappa shape index (κ1) is 19.8. The predicted molar refractivity (Wildman–Crippen MR) is 120 cm³/mol. The average Bonchev–Trinajstić information content (AvgIpc) is 3.42. The molecule has 5 rings (SSSR count). The average molecular weight is 443 g/mol. The van der Waals surface area contributed by atoms with Gasteiger partial charge in [-0.1, -0.05) is 6.07 Å². The van der Waals surface area contributed by atoms with Crippen molar-refractivity contribution in [2.24, 2.45) is 0 Å². The molecule has 1 amide bonds. The molecule has 0 saturated carbocycles. The van der Waals surface area contributed by atoms with Crippen molar-refractivity contribution in [3.8, 4) is 22.2 Å². The van der Waals surface area contributed by atoms with Gasteiger partial charge in [0, 0.05) is 18.0 Å². The molecule has 158 valence electrons. The Morgan fingerprint density at radius 3 is 2.75 bits per heavy atom. The van der Waals surface area contributed by atoms with E-state index >= 15 is 0 Å². The van der Waals surface area contributed by atoms with Crippen LogP contribution in [0.3, 0.4) is 0 Å². The van der Waals surface area contributed by atoms with Gasteiger partial charge in [-0.25, -0.2) is 4.98 Å². The number of hydrogen-bond donors (Lipinski definition) is 1. The van der Waals surface area contributed by atoms with Crippen molar-refractivity contribution in [3.63, 3.8) is 0 Å². The van der Waals surface area contributed by atoms with Crippen molar-refractivity contribution >= 4 is 28.6 Å². The van der Waals surface area contributed by atoms with Crippen molar-refractivity contribution in [3.05, 3.63) is 77.3 Å². The molecule has 0 aliphatic carbocycles. The number of anilines is 1. The summed E-state index contributed by atoms with van der Waals surface area (Å²) in [5, 5.41) is 15.8. The van der Waals surface area contributed by atoms with Crippen molar-refractivity contribution in [2.45, 2.75) is 13.8 Å². The Labute approximate surface area is 186 Å². The molecule has 5 aromatic rings. The van der Waals surface area contributed by atoms with E-state index in [1.165, 1.54) is 17.7 Å². The number of ether oxygens (including phenoxy) is 1. The van der Waals surface area contributed by atoms with E-state index in [-0.39, 0.29) is 5.91 Å². The van der Waals surface area contributed by atoms with Crippen LogP contribution in [-0.2, 0) is 0 Å². The number of nitrogens with zero attached hydrogens (tertiary/aromatic N) is 6. The van der Waals surface area contributed by atoms with Gasteiger partial charge < -0.3 is 10.1 Å². The number of carbonyl (C=O) groups excluding carboxylic acids is 1. The second-order valence-electron chi connectivity index (χ2n) is 6.98. The first-order valence-electron chi connectivity index (χ1n) is 9.72. The van der Waals surface area contributed by atoms with Crippen LogP contribution in [0, 0.1) is 13.8 Å². The summed E-state index contributed by atoms with van der Waals surface area (Å²) in [6, 6.07) is 14.5. The second-order valence-corrected chi connectivity index (χ2v) is 7.98. The first-order chi connectivity index (χ1) is 15.6. The highest BCUT2D eigenvalue weighted by Gasteiger charge is 2.17. The van der Waals surface area contributed by atoms with Gasteiger partial charge in [0.25, 0.3) is 5.91 Å². The van der Waals surface area contributed by atoms with Gasteiger partial charge in [-0.2, -0.15) is 9.61 Å². The summed E-state index contributed by atoms with van der Waals surface area (Å²) in [6.45, 7) is 3.68. The standard InChI is InChI=1S/C22H17N7O2S/c1-13-11-18(20-27-24-12-29(20)28-13)31-16-8-6-15(7-9-16)26-21(30)19-14(2)25-22(32-19)17-5-3-4-10-23-17/h3-12H,1-2H3,(H,26,30). The normalized spacial score (nSPS) is 10.9. The Morgan fingerprint density at radius 1 is 1.12 bits per heavy atom. The minimum Gasteiger partial charge on any atom is -0.453 e. The van der Waals surface area contributed by atoms with Crippen LogP contribution in [0.5, 0.6) is 11.5 Å². The van der Waals surface area contributed by atoms with Crippen molar-refractivity contribution < 1.29 is 9.53 Å². The van der Waals surface area contributed by atoms with Crippen LogP contribution in [-0.4, -0.2) is 35.7 Å². The molecule has 10 heteroatoms. The molecule has 4 heterocycles. The third-order valence-electron chi connectivity index (χ3n) is 4.58. The summed E-state index contributed by atoms with van der Waals surface area (Å²) in [7, 11) is 0. The maximum atomic E-state index is 12.8. The highest BCUT2D eigenvalue weighted by Crippen LogP contribution is 2.29. The molecule has 9 nitrogen and oxygen atoms in total. The molecular formula is C22H17N7O2S. The number of pyridine rings is 1. The number of rotatable bonds is 5. The number of thiazole rings is 1. The predicted octanol–water partition coefficient (Wildman–Crippen LogP) is 4.30. The van der Waals surface area contributed by atoms with Gasteiger partial charge in [0.15, 0.2) is 5.75 Å². The monoisotopic (exact) mass is 443 g/mol. The summed E-state index contributed by atoms with van der Waals surface area (Å²) < 4.78 is 7.52. The maximum Gasteiger partial charge on any atom is 0.267 e. The SMILES string of the molecule is Cc1cc(Oc2ccc(NC(=O)c3sc(-c4ccccn4)nc3C)cc2)c2nncn2n1. The molecule has 0 saturated heterocycles. The van der Waals surface area contributed by atoms with Crippen LogP contribution < -0.4 is 10.1 Å². The molecule has 0 aliphatic rings.